The number of hydrogen-bond donors (Lipinski definition) is 2. The summed E-state index contributed by atoms with van der Waals surface area (Å²) in [6.07, 6.45) is 5.63. The van der Waals surface area contributed by atoms with E-state index < -0.39 is 5.97 Å². The Balaban J connectivity index is 1.89. The lowest BCUT2D eigenvalue weighted by Crippen LogP contribution is -2.09. The fourth-order valence-electron chi connectivity index (χ4n) is 3.11. The van der Waals surface area contributed by atoms with E-state index in [0.717, 1.165) is 29.0 Å². The zero-order chi connectivity index (χ0) is 21.7. The predicted octanol–water partition coefficient (Wildman–Crippen LogP) is 5.02. The highest BCUT2D eigenvalue weighted by Crippen LogP contribution is 2.34. The highest BCUT2D eigenvalue weighted by Gasteiger charge is 2.18. The van der Waals surface area contributed by atoms with Crippen LogP contribution in [0.1, 0.15) is 42.1 Å². The van der Waals surface area contributed by atoms with E-state index in [2.05, 4.69) is 10.3 Å². The number of ether oxygens (including phenoxy) is 1. The minimum atomic E-state index is -1.05. The van der Waals surface area contributed by atoms with Crippen molar-refractivity contribution in [2.75, 3.05) is 12.4 Å². The largest absolute Gasteiger partial charge is 0.496 e. The Hall–Kier alpha value is -3.26. The van der Waals surface area contributed by atoms with Crippen molar-refractivity contribution in [3.63, 3.8) is 0 Å². The van der Waals surface area contributed by atoms with Gasteiger partial charge in [-0.1, -0.05) is 19.4 Å². The van der Waals surface area contributed by atoms with Crippen molar-refractivity contribution in [3.8, 4) is 27.6 Å². The van der Waals surface area contributed by atoms with Crippen molar-refractivity contribution >= 4 is 28.9 Å². The summed E-state index contributed by atoms with van der Waals surface area (Å²) < 4.78 is 5.32. The second-order valence-corrected chi connectivity index (χ2v) is 7.68. The lowest BCUT2D eigenvalue weighted by atomic mass is 10.0. The van der Waals surface area contributed by atoms with Gasteiger partial charge in [0.25, 0.3) is 0 Å². The minimum absolute atomic E-state index is 0.00211. The van der Waals surface area contributed by atoms with Crippen LogP contribution in [0, 0.1) is 6.92 Å². The molecule has 3 rings (SSSR count). The number of carbonyl (C=O) groups excluding carboxylic acids is 1. The molecule has 156 valence electrons. The molecular formula is C22H23N3O4S. The molecule has 0 saturated heterocycles. The predicted molar refractivity (Wildman–Crippen MR) is 117 cm³/mol. The first-order valence-corrected chi connectivity index (χ1v) is 10.4. The van der Waals surface area contributed by atoms with Gasteiger partial charge in [0.2, 0.25) is 5.91 Å². The van der Waals surface area contributed by atoms with Gasteiger partial charge >= 0.3 is 5.97 Å². The van der Waals surface area contributed by atoms with Crippen LogP contribution < -0.4 is 10.1 Å². The zero-order valence-electron chi connectivity index (χ0n) is 17.1. The number of rotatable bonds is 8. The van der Waals surface area contributed by atoms with Gasteiger partial charge in [-0.3, -0.25) is 9.78 Å². The number of carboxylic acids is 1. The normalized spacial score (nSPS) is 10.6. The number of aromatic carboxylic acids is 1. The number of thiophene rings is 1. The van der Waals surface area contributed by atoms with E-state index in [-0.39, 0.29) is 11.5 Å². The van der Waals surface area contributed by atoms with E-state index >= 15 is 0 Å². The van der Waals surface area contributed by atoms with E-state index in [9.17, 15) is 14.7 Å². The molecule has 3 aromatic rings. The van der Waals surface area contributed by atoms with Gasteiger partial charge in [0.05, 0.1) is 41.5 Å². The Bertz CT molecular complexity index is 1080. The molecule has 0 unspecified atom stereocenters. The SMILES string of the molecule is CCCCC(=O)Nc1csc(-c2cncc(-c3ccc(C(=O)O)c(OC)c3C)n2)c1. The topological polar surface area (TPSA) is 101 Å². The molecule has 8 heteroatoms. The van der Waals surface area contributed by atoms with Crippen LogP contribution in [-0.2, 0) is 4.79 Å². The highest BCUT2D eigenvalue weighted by atomic mass is 32.1. The first-order valence-electron chi connectivity index (χ1n) is 9.56. The van der Waals surface area contributed by atoms with Gasteiger partial charge in [-0.2, -0.15) is 0 Å². The molecular weight excluding hydrogens is 402 g/mol. The molecule has 0 fully saturated rings. The van der Waals surface area contributed by atoms with Crippen LogP contribution in [0.25, 0.3) is 21.8 Å². The van der Waals surface area contributed by atoms with Crippen molar-refractivity contribution in [3.05, 3.63) is 47.1 Å². The number of carbonyl (C=O) groups is 2. The number of unbranched alkanes of at least 4 members (excludes halogenated alkanes) is 1. The molecule has 0 spiro atoms. The summed E-state index contributed by atoms with van der Waals surface area (Å²) >= 11 is 1.47. The van der Waals surface area contributed by atoms with Crippen LogP contribution in [0.15, 0.2) is 36.0 Å². The third kappa shape index (κ3) is 4.65. The van der Waals surface area contributed by atoms with Crippen molar-refractivity contribution in [2.45, 2.75) is 33.1 Å². The monoisotopic (exact) mass is 425 g/mol. The summed E-state index contributed by atoms with van der Waals surface area (Å²) in [5, 5.41) is 14.1. The van der Waals surface area contributed by atoms with Crippen LogP contribution in [-0.4, -0.2) is 34.1 Å². The molecule has 0 saturated carbocycles. The third-order valence-electron chi connectivity index (χ3n) is 4.64. The maximum Gasteiger partial charge on any atom is 0.339 e. The first-order chi connectivity index (χ1) is 14.4. The average molecular weight is 426 g/mol. The number of benzene rings is 1. The Morgan fingerprint density at radius 1 is 1.23 bits per heavy atom. The molecule has 30 heavy (non-hydrogen) atoms. The molecule has 2 heterocycles. The van der Waals surface area contributed by atoms with Crippen LogP contribution >= 0.6 is 11.3 Å². The standard InChI is InChI=1S/C22H23N3O4S/c1-4-5-6-20(26)24-14-9-19(30-12-14)18-11-23-10-17(25-18)15-7-8-16(22(27)28)21(29-3)13(15)2/h7-12H,4-6H2,1-3H3,(H,24,26)(H,27,28). The van der Waals surface area contributed by atoms with E-state index in [4.69, 9.17) is 9.72 Å². The number of anilines is 1. The molecule has 2 aromatic heterocycles. The number of nitrogens with one attached hydrogen (secondary N) is 1. The number of hydrogen-bond acceptors (Lipinski definition) is 6. The average Bonchev–Trinajstić information content (AvgIpc) is 3.20. The van der Waals surface area contributed by atoms with Gasteiger partial charge in [0.15, 0.2) is 0 Å². The number of amides is 1. The number of nitrogens with zero attached hydrogens (tertiary/aromatic N) is 2. The summed E-state index contributed by atoms with van der Waals surface area (Å²) in [4.78, 5) is 33.2. The summed E-state index contributed by atoms with van der Waals surface area (Å²) in [5.41, 5.74) is 3.56. The molecule has 0 aliphatic carbocycles. The van der Waals surface area contributed by atoms with Gasteiger partial charge in [0.1, 0.15) is 11.3 Å². The molecule has 0 radical (unpaired) electrons. The molecule has 0 aliphatic rings. The Morgan fingerprint density at radius 3 is 2.70 bits per heavy atom. The molecule has 1 aromatic carbocycles. The van der Waals surface area contributed by atoms with Crippen LogP contribution in [0.2, 0.25) is 0 Å². The molecule has 0 atom stereocenters. The highest BCUT2D eigenvalue weighted by molar-refractivity contribution is 7.14. The van der Waals surface area contributed by atoms with E-state index in [0.29, 0.717) is 29.1 Å². The molecule has 1 amide bonds. The minimum Gasteiger partial charge on any atom is -0.496 e. The quantitative estimate of drug-likeness (QED) is 0.526. The molecule has 0 aliphatic heterocycles. The second-order valence-electron chi connectivity index (χ2n) is 6.77. The second kappa shape index (κ2) is 9.49. The molecule has 2 N–H and O–H groups in total. The lowest BCUT2D eigenvalue weighted by Gasteiger charge is -2.13. The Kier molecular flexibility index (Phi) is 6.79. The number of aromatic nitrogens is 2. The Labute approximate surface area is 178 Å². The maximum atomic E-state index is 11.9. The van der Waals surface area contributed by atoms with Gasteiger partial charge in [-0.25, -0.2) is 9.78 Å². The fourth-order valence-corrected chi connectivity index (χ4v) is 3.91. The summed E-state index contributed by atoms with van der Waals surface area (Å²) in [6, 6.07) is 5.10. The van der Waals surface area contributed by atoms with Gasteiger partial charge in [-0.05, 0) is 25.5 Å². The van der Waals surface area contributed by atoms with Crippen LogP contribution in [0.3, 0.4) is 0 Å². The molecule has 7 nitrogen and oxygen atoms in total. The van der Waals surface area contributed by atoms with E-state index in [1.807, 2.05) is 18.4 Å². The number of methoxy groups -OCH3 is 1. The van der Waals surface area contributed by atoms with Crippen molar-refractivity contribution in [1.82, 2.24) is 9.97 Å². The van der Waals surface area contributed by atoms with Gasteiger partial charge < -0.3 is 15.2 Å². The maximum absolute atomic E-state index is 11.9. The summed E-state index contributed by atoms with van der Waals surface area (Å²) in [5.74, 6) is -0.740. The zero-order valence-corrected chi connectivity index (χ0v) is 17.9. The van der Waals surface area contributed by atoms with Gasteiger partial charge in [0, 0.05) is 22.9 Å². The first kappa shape index (κ1) is 21.4. The summed E-state index contributed by atoms with van der Waals surface area (Å²) in [7, 11) is 1.45. The van der Waals surface area contributed by atoms with Crippen LogP contribution in [0.5, 0.6) is 5.75 Å². The van der Waals surface area contributed by atoms with Crippen molar-refractivity contribution in [2.24, 2.45) is 0 Å². The lowest BCUT2D eigenvalue weighted by molar-refractivity contribution is -0.116. The van der Waals surface area contributed by atoms with Crippen molar-refractivity contribution < 1.29 is 19.4 Å². The molecule has 0 bridgehead atoms. The smallest absolute Gasteiger partial charge is 0.339 e. The fraction of sp³-hybridized carbons (Fsp3) is 0.273. The number of carboxylic acid groups (broad SMARTS) is 1. The Morgan fingerprint density at radius 2 is 2.00 bits per heavy atom. The van der Waals surface area contributed by atoms with E-state index in [1.54, 1.807) is 25.4 Å². The third-order valence-corrected chi connectivity index (χ3v) is 5.60. The van der Waals surface area contributed by atoms with Gasteiger partial charge in [-0.15, -0.1) is 11.3 Å². The summed E-state index contributed by atoms with van der Waals surface area (Å²) in [6.45, 7) is 3.85. The van der Waals surface area contributed by atoms with E-state index in [1.165, 1.54) is 24.5 Å². The van der Waals surface area contributed by atoms with Crippen molar-refractivity contribution in [1.29, 1.82) is 0 Å². The van der Waals surface area contributed by atoms with Crippen LogP contribution in [0.4, 0.5) is 5.69 Å².